The fraction of sp³-hybridized carbons (Fsp3) is 0.391. The number of nitrogens with zero attached hydrogens (tertiary/aromatic N) is 3. The molecule has 6 aromatic carbocycles. The van der Waals surface area contributed by atoms with Crippen LogP contribution in [0.4, 0.5) is 14.4 Å². The van der Waals surface area contributed by atoms with Gasteiger partial charge in [0.25, 0.3) is 5.60 Å². The average molecular weight is 1230 g/mol. The summed E-state index contributed by atoms with van der Waals surface area (Å²) < 4.78 is 27.8. The molecule has 89 heavy (non-hydrogen) atoms. The van der Waals surface area contributed by atoms with Gasteiger partial charge in [0.2, 0.25) is 12.7 Å². The number of nitrogens with one attached hydrogen (secondary N) is 3. The molecule has 0 unspecified atom stereocenters. The average Bonchev–Trinajstić information content (AvgIpc) is 1.05. The van der Waals surface area contributed by atoms with Crippen LogP contribution < -0.4 is 16.0 Å². The second kappa shape index (κ2) is 38.9. The molecular weight excluding hydrogens is 1140 g/mol. The Hall–Kier alpha value is -9.16. The number of unbranched alkanes of at least 4 members (excludes halogenated alkanes) is 3. The first-order valence-corrected chi connectivity index (χ1v) is 29.5. The van der Waals surface area contributed by atoms with Gasteiger partial charge in [0.1, 0.15) is 16.8 Å². The molecule has 0 heterocycles. The number of ether oxygens (including phenoxy) is 5. The van der Waals surface area contributed by atoms with Gasteiger partial charge in [-0.1, -0.05) is 182 Å². The minimum atomic E-state index is -1.18. The zero-order valence-electron chi connectivity index (χ0n) is 53.7. The van der Waals surface area contributed by atoms with Crippen molar-refractivity contribution in [3.8, 4) is 6.07 Å². The van der Waals surface area contributed by atoms with Gasteiger partial charge >= 0.3 is 24.3 Å². The molecule has 0 aliphatic carbocycles. The molecule has 0 fully saturated rings. The number of rotatable bonds is 25. The molecule has 0 saturated carbocycles. The van der Waals surface area contributed by atoms with E-state index in [2.05, 4.69) is 27.0 Å². The number of benzene rings is 6. The highest BCUT2D eigenvalue weighted by atomic mass is 16.6. The molecule has 3 amide bonds. The Bertz CT molecular complexity index is 2980. The van der Waals surface area contributed by atoms with Gasteiger partial charge < -0.3 is 51.4 Å². The summed E-state index contributed by atoms with van der Waals surface area (Å²) in [5, 5.41) is 52.9. The molecule has 0 aromatic heterocycles. The summed E-state index contributed by atoms with van der Waals surface area (Å²) in [6.45, 7) is 18.3. The quantitative estimate of drug-likeness (QED) is 0.0180. The van der Waals surface area contributed by atoms with Gasteiger partial charge in [0.15, 0.2) is 5.60 Å². The molecule has 0 aliphatic heterocycles. The number of nitro groups is 2. The van der Waals surface area contributed by atoms with Crippen LogP contribution in [-0.4, -0.2) is 96.0 Å². The number of alkyl carbamates (subject to hydrolysis) is 3. The maximum atomic E-state index is 11.7. The van der Waals surface area contributed by atoms with Gasteiger partial charge in [-0.05, 0) is 123 Å². The topological polar surface area (TPSA) is 267 Å². The van der Waals surface area contributed by atoms with Crippen molar-refractivity contribution >= 4 is 23.9 Å². The Morgan fingerprint density at radius 2 is 0.820 bits per heavy atom. The molecule has 0 saturated heterocycles. The third kappa shape index (κ3) is 29.9. The summed E-state index contributed by atoms with van der Waals surface area (Å²) in [4.78, 5) is 55.9. The molecule has 6 aromatic rings. The number of aliphatic hydroxyl groups excluding tert-OH is 1. The molecule has 4 N–H and O–H groups in total. The third-order valence-electron chi connectivity index (χ3n) is 12.2. The second-order valence-corrected chi connectivity index (χ2v) is 23.1. The molecule has 20 heteroatoms. The zero-order valence-corrected chi connectivity index (χ0v) is 52.7. The van der Waals surface area contributed by atoms with Crippen molar-refractivity contribution in [2.24, 2.45) is 0 Å². The monoisotopic (exact) mass is 1230 g/mol. The Labute approximate surface area is 526 Å². The van der Waals surface area contributed by atoms with Crippen LogP contribution in [0.1, 0.15) is 137 Å². The second-order valence-electron chi connectivity index (χ2n) is 23.1. The molecule has 0 bridgehead atoms. The number of amides is 3. The number of hydrogen-bond donors (Lipinski definition) is 4. The summed E-state index contributed by atoms with van der Waals surface area (Å²) in [5.74, 6) is 0. The molecule has 6 rings (SSSR count). The van der Waals surface area contributed by atoms with Crippen LogP contribution in [0, 0.1) is 31.5 Å². The normalized spacial score (nSPS) is 11.1. The maximum Gasteiger partial charge on any atom is 0.407 e. The van der Waals surface area contributed by atoms with E-state index in [-0.39, 0.29) is 20.9 Å². The summed E-state index contributed by atoms with van der Waals surface area (Å²) in [5.41, 5.74) is 1.47. The predicted molar refractivity (Wildman–Crippen MR) is 349 cm³/mol. The summed E-state index contributed by atoms with van der Waals surface area (Å²) in [6, 6.07) is 58.7. The van der Waals surface area contributed by atoms with E-state index in [0.717, 1.165) is 46.0 Å². The standard InChI is InChI=1S/C23H30N2O5.C23H28N2O4.C14H11NO2.C9H19NO3.H2.H/c1-22(2,3)30-21(26)24-16-10-11-17-29-23(18-25(27)28,19-12-6-4-7-13-19)20-14-8-5-9-15-20;1-22(2,3)29-21(26)24-16-10-11-17-28-23(18-25-27,19-12-6-4-7-13-19)20-14-8-5-9-15-20;16-15(17)11-14(12-7-3-1-4-8-12)13-9-5-2-6-10-13;1-9(2,3)13-8(12)10-6-4-5-7-11;;/h4-9,12-15H,10-11,16-18H2,1-3H3,(H,24,26);4-9,12-15H,10-11,16-17H2,1-3H3,(H,24,26);1-11H;11H,4-7H2,1-3H3,(H,10,12);1H;/q;;;;;-1/i;;;;2*1+1. The molecule has 0 atom stereocenters. The molecular formula is C69H91N6O14-. The van der Waals surface area contributed by atoms with Crippen LogP contribution in [0.2, 0.25) is 0 Å². The lowest BCUT2D eigenvalue weighted by Crippen LogP contribution is -2.39. The van der Waals surface area contributed by atoms with E-state index in [9.17, 15) is 39.8 Å². The highest BCUT2D eigenvalue weighted by Crippen LogP contribution is 2.36. The van der Waals surface area contributed by atoms with Crippen molar-refractivity contribution in [3.63, 3.8) is 0 Å². The smallest absolute Gasteiger partial charge is 0.407 e. The summed E-state index contributed by atoms with van der Waals surface area (Å²) in [7, 11) is 0. The first-order valence-electron chi connectivity index (χ1n) is 29.5. The Morgan fingerprint density at radius 1 is 0.506 bits per heavy atom. The van der Waals surface area contributed by atoms with Crippen LogP contribution in [0.5, 0.6) is 0 Å². The number of hydrogen-bond acceptors (Lipinski definition) is 14. The van der Waals surface area contributed by atoms with Gasteiger partial charge in [0.05, 0.1) is 10.5 Å². The Balaban J connectivity index is 0.000000632. The van der Waals surface area contributed by atoms with E-state index in [1.807, 2.05) is 244 Å². The van der Waals surface area contributed by atoms with Crippen LogP contribution in [0.3, 0.4) is 0 Å². The molecule has 0 radical (unpaired) electrons. The first kappa shape index (κ1) is 74.1. The van der Waals surface area contributed by atoms with E-state index >= 15 is 0 Å². The minimum Gasteiger partial charge on any atom is -1.00 e. The molecule has 0 spiro atoms. The van der Waals surface area contributed by atoms with Crippen molar-refractivity contribution in [3.05, 3.63) is 252 Å². The number of aliphatic hydroxyl groups is 1. The highest BCUT2D eigenvalue weighted by molar-refractivity contribution is 5.78. The van der Waals surface area contributed by atoms with Crippen LogP contribution in [0.25, 0.3) is 10.6 Å². The van der Waals surface area contributed by atoms with E-state index in [4.69, 9.17) is 28.8 Å². The van der Waals surface area contributed by atoms with Gasteiger partial charge in [-0.3, -0.25) is 20.2 Å². The number of carbonyl (C=O) groups excluding carboxylic acids is 3. The lowest BCUT2D eigenvalue weighted by molar-refractivity contribution is -0.501. The van der Waals surface area contributed by atoms with Crippen molar-refractivity contribution < 1.29 is 55.9 Å². The molecule has 20 nitrogen and oxygen atoms in total. The van der Waals surface area contributed by atoms with E-state index in [0.29, 0.717) is 70.5 Å². The maximum absolute atomic E-state index is 11.7. The van der Waals surface area contributed by atoms with Gasteiger partial charge in [-0.15, -0.1) is 0 Å². The minimum absolute atomic E-state index is 0. The van der Waals surface area contributed by atoms with Crippen molar-refractivity contribution in [2.75, 3.05) is 46.0 Å². The molecule has 0 aliphatic rings. The van der Waals surface area contributed by atoms with E-state index in [1.54, 1.807) is 0 Å². The fourth-order valence-corrected chi connectivity index (χ4v) is 8.40. The largest absolute Gasteiger partial charge is 1.00 e. The summed E-state index contributed by atoms with van der Waals surface area (Å²) in [6.07, 6.45) is 3.91. The zero-order chi connectivity index (χ0) is 65.6. The van der Waals surface area contributed by atoms with E-state index < -0.39 is 51.2 Å². The van der Waals surface area contributed by atoms with Crippen molar-refractivity contribution in [2.45, 2.75) is 129 Å². The first-order chi connectivity index (χ1) is 42.3. The predicted octanol–water partition coefficient (Wildman–Crippen LogP) is 14.6. The van der Waals surface area contributed by atoms with E-state index in [1.165, 1.54) is 0 Å². The Morgan fingerprint density at radius 3 is 1.12 bits per heavy atom. The fourth-order valence-electron chi connectivity index (χ4n) is 8.40. The van der Waals surface area contributed by atoms with Crippen molar-refractivity contribution in [1.29, 1.82) is 0 Å². The van der Waals surface area contributed by atoms with Crippen LogP contribution in [0.15, 0.2) is 188 Å². The number of carbonyl (C=O) groups is 3. The SMILES string of the molecule is CC(C)(C)OC(=O)NCCCCO.CC(C)(C)OC(=O)NCCCCOC(C#[N+][O-])(c1ccccc1)c1ccccc1.CC(C)(C)OC(=O)NCCCCOC(C[N+](=O)[O-])(c1ccccc1)c1ccccc1.O=[N+]([O-])C=C(c1ccccc1)c1ccccc1.[2H-].[2HH]. The lowest BCUT2D eigenvalue weighted by Gasteiger charge is -2.31. The lowest BCUT2D eigenvalue weighted by atomic mass is 9.86. The highest BCUT2D eigenvalue weighted by Gasteiger charge is 2.42. The van der Waals surface area contributed by atoms with Crippen molar-refractivity contribution in [1.82, 2.24) is 16.0 Å². The third-order valence-corrected chi connectivity index (χ3v) is 12.2. The Kier molecular flexibility index (Phi) is 32.4. The summed E-state index contributed by atoms with van der Waals surface area (Å²) >= 11 is 0. The van der Waals surface area contributed by atoms with Gasteiger partial charge in [0, 0.05) is 61.9 Å². The molecule has 482 valence electrons. The van der Waals surface area contributed by atoms with Crippen LogP contribution in [-0.2, 0) is 34.9 Å². The van der Waals surface area contributed by atoms with Gasteiger partial charge in [-0.25, -0.2) is 14.4 Å². The van der Waals surface area contributed by atoms with Gasteiger partial charge in [-0.2, -0.15) is 0 Å². The van der Waals surface area contributed by atoms with Crippen LogP contribution >= 0.6 is 0 Å².